The Hall–Kier alpha value is -3.78. The number of nitrogens with zero attached hydrogens (tertiary/aromatic N) is 5. The number of nitrogens with one attached hydrogen (secondary N) is 1. The summed E-state index contributed by atoms with van der Waals surface area (Å²) in [5.74, 6) is 0.582. The van der Waals surface area contributed by atoms with E-state index < -0.39 is 6.04 Å². The Morgan fingerprint density at radius 1 is 1.03 bits per heavy atom. The van der Waals surface area contributed by atoms with Crippen LogP contribution >= 0.6 is 0 Å². The second-order valence-electron chi connectivity index (χ2n) is 7.62. The fourth-order valence-electron chi connectivity index (χ4n) is 3.40. The van der Waals surface area contributed by atoms with Crippen LogP contribution in [0.25, 0.3) is 11.2 Å². The number of carbonyl (C=O) groups is 1. The largest absolute Gasteiger partial charge is 0.361 e. The highest BCUT2D eigenvalue weighted by Crippen LogP contribution is 2.20. The Morgan fingerprint density at radius 2 is 1.77 bits per heavy atom. The smallest absolute Gasteiger partial charge is 0.241 e. The molecule has 4 aromatic rings. The number of hydrogen-bond donors (Lipinski definition) is 2. The van der Waals surface area contributed by atoms with Gasteiger partial charge >= 0.3 is 0 Å². The van der Waals surface area contributed by atoms with E-state index in [-0.39, 0.29) is 5.91 Å². The lowest BCUT2D eigenvalue weighted by Gasteiger charge is -2.13. The van der Waals surface area contributed by atoms with Gasteiger partial charge in [-0.1, -0.05) is 42.5 Å². The number of nitrogens with two attached hydrogens (primary N) is 1. The lowest BCUT2D eigenvalue weighted by atomic mass is 10.1. The van der Waals surface area contributed by atoms with Gasteiger partial charge in [0, 0.05) is 19.8 Å². The van der Waals surface area contributed by atoms with Gasteiger partial charge < -0.3 is 20.5 Å². The lowest BCUT2D eigenvalue weighted by molar-refractivity contribution is -0.117. The third-order valence-electron chi connectivity index (χ3n) is 5.02. The molecule has 0 spiro atoms. The number of imidazole rings is 1. The number of fused-ring (bicyclic) bond motifs is 1. The van der Waals surface area contributed by atoms with Gasteiger partial charge in [0.25, 0.3) is 0 Å². The second kappa shape index (κ2) is 8.93. The molecule has 2 aromatic carbocycles. The number of hydrogen-bond acceptors (Lipinski definition) is 6. The second-order valence-corrected chi connectivity index (χ2v) is 7.62. The van der Waals surface area contributed by atoms with Crippen LogP contribution in [0.3, 0.4) is 0 Å². The molecule has 31 heavy (non-hydrogen) atoms. The summed E-state index contributed by atoms with van der Waals surface area (Å²) in [6.45, 7) is 0.613. The van der Waals surface area contributed by atoms with Crippen LogP contribution in [-0.4, -0.2) is 45.6 Å². The standard InChI is InChI=1S/C23H25N7O/c1-29(2)21-20-22(26-14-25-21)30(15-27-20)13-17-8-10-18(11-9-17)28-23(31)19(24)12-16-6-4-3-5-7-16/h3-11,14-15,19H,12-13,24H2,1-2H3,(H,28,31). The molecule has 0 saturated heterocycles. The summed E-state index contributed by atoms with van der Waals surface area (Å²) in [7, 11) is 3.86. The quantitative estimate of drug-likeness (QED) is 0.481. The minimum atomic E-state index is -0.607. The van der Waals surface area contributed by atoms with Crippen LogP contribution in [0, 0.1) is 0 Å². The fourth-order valence-corrected chi connectivity index (χ4v) is 3.40. The highest BCUT2D eigenvalue weighted by Gasteiger charge is 2.15. The number of anilines is 2. The van der Waals surface area contributed by atoms with E-state index in [9.17, 15) is 4.79 Å². The van der Waals surface area contributed by atoms with Gasteiger partial charge in [-0.3, -0.25) is 4.79 Å². The van der Waals surface area contributed by atoms with Crippen molar-refractivity contribution < 1.29 is 4.79 Å². The van der Waals surface area contributed by atoms with E-state index >= 15 is 0 Å². The third-order valence-corrected chi connectivity index (χ3v) is 5.02. The van der Waals surface area contributed by atoms with Crippen molar-refractivity contribution in [2.24, 2.45) is 5.73 Å². The Kier molecular flexibility index (Phi) is 5.90. The maximum Gasteiger partial charge on any atom is 0.241 e. The number of amides is 1. The summed E-state index contributed by atoms with van der Waals surface area (Å²) < 4.78 is 1.98. The first kappa shape index (κ1) is 20.5. The van der Waals surface area contributed by atoms with E-state index in [1.165, 1.54) is 0 Å². The number of benzene rings is 2. The van der Waals surface area contributed by atoms with Gasteiger partial charge in [0.1, 0.15) is 6.33 Å². The SMILES string of the molecule is CN(C)c1ncnc2c1ncn2Cc1ccc(NC(=O)C(N)Cc2ccccc2)cc1. The molecule has 0 saturated carbocycles. The third kappa shape index (κ3) is 4.70. The predicted molar refractivity (Wildman–Crippen MR) is 122 cm³/mol. The highest BCUT2D eigenvalue weighted by atomic mass is 16.2. The van der Waals surface area contributed by atoms with Crippen molar-refractivity contribution in [3.63, 3.8) is 0 Å². The van der Waals surface area contributed by atoms with Gasteiger partial charge in [-0.2, -0.15) is 0 Å². The summed E-state index contributed by atoms with van der Waals surface area (Å²) in [6.07, 6.45) is 3.81. The zero-order valence-electron chi connectivity index (χ0n) is 17.6. The molecule has 3 N–H and O–H groups in total. The normalized spacial score (nSPS) is 12.0. The molecule has 4 rings (SSSR count). The van der Waals surface area contributed by atoms with E-state index in [0.29, 0.717) is 18.7 Å². The number of rotatable bonds is 7. The molecule has 1 amide bonds. The summed E-state index contributed by atoms with van der Waals surface area (Å²) in [4.78, 5) is 27.5. The molecule has 8 nitrogen and oxygen atoms in total. The van der Waals surface area contributed by atoms with Crippen LogP contribution in [0.5, 0.6) is 0 Å². The highest BCUT2D eigenvalue weighted by molar-refractivity contribution is 5.94. The van der Waals surface area contributed by atoms with Crippen molar-refractivity contribution in [3.8, 4) is 0 Å². The van der Waals surface area contributed by atoms with Gasteiger partial charge in [0.05, 0.1) is 18.9 Å². The van der Waals surface area contributed by atoms with Crippen molar-refractivity contribution in [2.75, 3.05) is 24.3 Å². The molecular formula is C23H25N7O. The van der Waals surface area contributed by atoms with Crippen LogP contribution < -0.4 is 16.0 Å². The molecule has 0 radical (unpaired) electrons. The Balaban J connectivity index is 1.41. The fraction of sp³-hybridized carbons (Fsp3) is 0.217. The van der Waals surface area contributed by atoms with Gasteiger partial charge in [-0.05, 0) is 29.7 Å². The Morgan fingerprint density at radius 3 is 2.48 bits per heavy atom. The molecule has 0 aliphatic rings. The van der Waals surface area contributed by atoms with Crippen LogP contribution in [-0.2, 0) is 17.8 Å². The molecule has 0 bridgehead atoms. The van der Waals surface area contributed by atoms with E-state index in [1.54, 1.807) is 12.7 Å². The van der Waals surface area contributed by atoms with Crippen molar-refractivity contribution in [3.05, 3.63) is 78.4 Å². The minimum absolute atomic E-state index is 0.204. The molecular weight excluding hydrogens is 390 g/mol. The van der Waals surface area contributed by atoms with Crippen molar-refractivity contribution in [2.45, 2.75) is 19.0 Å². The average Bonchev–Trinajstić information content (AvgIpc) is 3.18. The maximum absolute atomic E-state index is 12.4. The predicted octanol–water partition coefficient (Wildman–Crippen LogP) is 2.45. The first-order valence-electron chi connectivity index (χ1n) is 10.0. The monoisotopic (exact) mass is 415 g/mol. The summed E-state index contributed by atoms with van der Waals surface area (Å²) in [5.41, 5.74) is 10.4. The molecule has 1 atom stereocenters. The summed E-state index contributed by atoms with van der Waals surface area (Å²) in [6, 6.07) is 16.8. The molecule has 2 heterocycles. The Bertz CT molecular complexity index is 1170. The van der Waals surface area contributed by atoms with Gasteiger partial charge in [-0.25, -0.2) is 15.0 Å². The van der Waals surface area contributed by atoms with Crippen LogP contribution in [0.1, 0.15) is 11.1 Å². The molecule has 2 aromatic heterocycles. The van der Waals surface area contributed by atoms with Gasteiger partial charge in [-0.15, -0.1) is 0 Å². The molecule has 8 heteroatoms. The van der Waals surface area contributed by atoms with E-state index in [2.05, 4.69) is 20.3 Å². The van der Waals surface area contributed by atoms with E-state index in [4.69, 9.17) is 5.73 Å². The van der Waals surface area contributed by atoms with Crippen LogP contribution in [0.15, 0.2) is 67.3 Å². The number of aromatic nitrogens is 4. The molecule has 0 aliphatic carbocycles. The van der Waals surface area contributed by atoms with E-state index in [1.807, 2.05) is 78.2 Å². The molecule has 1 unspecified atom stereocenters. The van der Waals surface area contributed by atoms with Crippen molar-refractivity contribution >= 4 is 28.6 Å². The van der Waals surface area contributed by atoms with Crippen molar-refractivity contribution in [1.82, 2.24) is 19.5 Å². The summed E-state index contributed by atoms with van der Waals surface area (Å²) in [5, 5.41) is 2.89. The van der Waals surface area contributed by atoms with Gasteiger partial charge in [0.15, 0.2) is 17.0 Å². The zero-order chi connectivity index (χ0) is 21.8. The minimum Gasteiger partial charge on any atom is -0.361 e. The topological polar surface area (TPSA) is 102 Å². The molecule has 0 aliphatic heterocycles. The first-order chi connectivity index (χ1) is 15.0. The van der Waals surface area contributed by atoms with Crippen molar-refractivity contribution in [1.29, 1.82) is 0 Å². The average molecular weight is 416 g/mol. The molecule has 0 fully saturated rings. The van der Waals surface area contributed by atoms with E-state index in [0.717, 1.165) is 28.1 Å². The molecule has 158 valence electrons. The first-order valence-corrected chi connectivity index (χ1v) is 10.0. The number of carbonyl (C=O) groups excluding carboxylic acids is 1. The maximum atomic E-state index is 12.4. The van der Waals surface area contributed by atoms with Crippen LogP contribution in [0.4, 0.5) is 11.5 Å². The zero-order valence-corrected chi connectivity index (χ0v) is 17.6. The summed E-state index contributed by atoms with van der Waals surface area (Å²) >= 11 is 0. The Labute approximate surface area is 180 Å². The van der Waals surface area contributed by atoms with Crippen LogP contribution in [0.2, 0.25) is 0 Å². The lowest BCUT2D eigenvalue weighted by Crippen LogP contribution is -2.37. The van der Waals surface area contributed by atoms with Gasteiger partial charge in [0.2, 0.25) is 5.91 Å².